The summed E-state index contributed by atoms with van der Waals surface area (Å²) in [7, 11) is 2.49. The average molecular weight is 557 g/mol. The number of nitrogens with one attached hydrogen (secondary N) is 1. The molecule has 208 valence electrons. The van der Waals surface area contributed by atoms with Gasteiger partial charge in [-0.3, -0.25) is 14.5 Å². The summed E-state index contributed by atoms with van der Waals surface area (Å²) < 4.78 is 9.50. The van der Waals surface area contributed by atoms with Crippen LogP contribution in [0.5, 0.6) is 0 Å². The molecule has 0 amide bonds. The van der Waals surface area contributed by atoms with Gasteiger partial charge in [-0.15, -0.1) is 12.8 Å². The van der Waals surface area contributed by atoms with Crippen LogP contribution in [0.3, 0.4) is 0 Å². The van der Waals surface area contributed by atoms with Crippen LogP contribution < -0.4 is 0 Å². The topological polar surface area (TPSA) is 44.3 Å². The van der Waals surface area contributed by atoms with Gasteiger partial charge in [-0.1, -0.05) is 61.6 Å². The lowest BCUT2D eigenvalue weighted by Gasteiger charge is -2.24. The highest BCUT2D eigenvalue weighted by Crippen LogP contribution is 2.33. The zero-order chi connectivity index (χ0) is 30.1. The van der Waals surface area contributed by atoms with Crippen LogP contribution in [0.4, 0.5) is 10.1 Å². The van der Waals surface area contributed by atoms with Gasteiger partial charge in [0.15, 0.2) is 0 Å². The lowest BCUT2D eigenvalue weighted by atomic mass is 10.0. The van der Waals surface area contributed by atoms with Crippen molar-refractivity contribution in [2.24, 2.45) is 4.99 Å². The molecule has 0 saturated carbocycles. The Balaban J connectivity index is 0.000000470. The van der Waals surface area contributed by atoms with E-state index >= 15 is 0 Å². The maximum Gasteiger partial charge on any atom is 0.0785 e. The number of hydrogen-bond acceptors (Lipinski definition) is 3. The molecule has 6 heteroatoms. The van der Waals surface area contributed by atoms with Crippen LogP contribution in [0.2, 0.25) is 5.02 Å². The lowest BCUT2D eigenvalue weighted by Crippen LogP contribution is -2.16. The first-order valence-corrected chi connectivity index (χ1v) is 13.2. The normalized spacial score (nSPS) is 10.2. The summed E-state index contributed by atoms with van der Waals surface area (Å²) in [5.74, 6) is 5.24. The summed E-state index contributed by atoms with van der Waals surface area (Å²) in [6.45, 7) is 10.6. The van der Waals surface area contributed by atoms with Crippen molar-refractivity contribution in [1.29, 1.82) is 0 Å². The molecule has 1 N–H and O–H groups in total. The van der Waals surface area contributed by atoms with Gasteiger partial charge in [0, 0.05) is 42.4 Å². The van der Waals surface area contributed by atoms with Gasteiger partial charge in [0.25, 0.3) is 0 Å². The van der Waals surface area contributed by atoms with Gasteiger partial charge in [0.2, 0.25) is 0 Å². The Kier molecular flexibility index (Phi) is 15.2. The maximum absolute atomic E-state index is 9.50. The number of terminal acetylenes is 2. The van der Waals surface area contributed by atoms with Gasteiger partial charge in [0.1, 0.15) is 0 Å². The first-order chi connectivity index (χ1) is 19.4. The van der Waals surface area contributed by atoms with E-state index in [9.17, 15) is 4.39 Å². The molecule has 4 aromatic rings. The number of aromatic amines is 1. The molecule has 4 nitrogen and oxygen atoms in total. The third kappa shape index (κ3) is 9.77. The number of alkyl halides is 1. The molecule has 0 bridgehead atoms. The Morgan fingerprint density at radius 2 is 1.75 bits per heavy atom. The lowest BCUT2D eigenvalue weighted by molar-refractivity contribution is 0.475. The summed E-state index contributed by atoms with van der Waals surface area (Å²) in [4.78, 5) is 6.42. The Morgan fingerprint density at radius 1 is 1.07 bits per heavy atom. The maximum atomic E-state index is 9.50. The Morgan fingerprint density at radius 3 is 2.35 bits per heavy atom. The zero-order valence-electron chi connectivity index (χ0n) is 24.4. The molecule has 0 aliphatic carbocycles. The molecule has 0 fully saturated rings. The number of halogens is 2. The van der Waals surface area contributed by atoms with Crippen molar-refractivity contribution in [1.82, 2.24) is 15.1 Å². The van der Waals surface area contributed by atoms with Crippen molar-refractivity contribution < 1.29 is 4.39 Å². The fraction of sp³-hybridized carbons (Fsp3) is 0.235. The minimum Gasteiger partial charge on any atom is -0.369 e. The number of nitrogens with zero attached hydrogens (tertiary/aromatic N) is 3. The van der Waals surface area contributed by atoms with Crippen molar-refractivity contribution in [3.8, 4) is 24.7 Å². The van der Waals surface area contributed by atoms with E-state index < -0.39 is 0 Å². The second-order valence-electron chi connectivity index (χ2n) is 8.36. The molecule has 1 aromatic heterocycles. The first kappa shape index (κ1) is 33.7. The Labute approximate surface area is 244 Å². The van der Waals surface area contributed by atoms with Crippen molar-refractivity contribution >= 4 is 40.1 Å². The second kappa shape index (κ2) is 18.1. The largest absolute Gasteiger partial charge is 0.369 e. The summed E-state index contributed by atoms with van der Waals surface area (Å²) in [5, 5.41) is 8.62. The van der Waals surface area contributed by atoms with E-state index in [1.54, 1.807) is 12.3 Å². The van der Waals surface area contributed by atoms with Crippen molar-refractivity contribution in [2.45, 2.75) is 41.2 Å². The molecule has 0 aliphatic heterocycles. The fourth-order valence-electron chi connectivity index (χ4n) is 3.73. The number of aryl methyl sites for hydroxylation is 2. The third-order valence-electron chi connectivity index (χ3n) is 5.60. The van der Waals surface area contributed by atoms with E-state index in [1.807, 2.05) is 77.3 Å². The van der Waals surface area contributed by atoms with Crippen molar-refractivity contribution in [3.63, 3.8) is 0 Å². The van der Waals surface area contributed by atoms with E-state index in [0.717, 1.165) is 39.2 Å². The first-order valence-electron chi connectivity index (χ1n) is 12.9. The highest BCUT2D eigenvalue weighted by Gasteiger charge is 2.14. The monoisotopic (exact) mass is 556 g/mol. The zero-order valence-corrected chi connectivity index (χ0v) is 25.1. The van der Waals surface area contributed by atoms with E-state index in [2.05, 4.69) is 57.1 Å². The van der Waals surface area contributed by atoms with Crippen LogP contribution in [0.1, 0.15) is 48.6 Å². The van der Waals surface area contributed by atoms with Gasteiger partial charge in [0.05, 0.1) is 35.3 Å². The molecule has 0 atom stereocenters. The van der Waals surface area contributed by atoms with Crippen LogP contribution in [0, 0.1) is 38.5 Å². The third-order valence-corrected chi connectivity index (χ3v) is 5.91. The summed E-state index contributed by atoms with van der Waals surface area (Å²) in [5.41, 5.74) is 8.03. The number of hydrogen-bond donors (Lipinski definition) is 1. The van der Waals surface area contributed by atoms with Gasteiger partial charge in [-0.2, -0.15) is 5.10 Å². The molecule has 0 aliphatic rings. The van der Waals surface area contributed by atoms with Gasteiger partial charge < -0.3 is 4.90 Å². The molecule has 40 heavy (non-hydrogen) atoms. The van der Waals surface area contributed by atoms with E-state index in [4.69, 9.17) is 24.4 Å². The molecule has 0 radical (unpaired) electrons. The molecular formula is C34H38ClFN4. The van der Waals surface area contributed by atoms with Crippen LogP contribution in [-0.2, 0) is 6.54 Å². The number of rotatable bonds is 5. The predicted molar refractivity (Wildman–Crippen MR) is 172 cm³/mol. The van der Waals surface area contributed by atoms with E-state index in [0.29, 0.717) is 18.7 Å². The number of aromatic nitrogens is 2. The highest BCUT2D eigenvalue weighted by atomic mass is 35.5. The highest BCUT2D eigenvalue weighted by molar-refractivity contribution is 6.32. The Hall–Kier alpha value is -4.32. The summed E-state index contributed by atoms with van der Waals surface area (Å²) >= 11 is 6.52. The smallest absolute Gasteiger partial charge is 0.0785 e. The number of benzene rings is 3. The number of aliphatic imine (C=N–C) groups is 1. The number of H-pyrrole nitrogens is 1. The molecule has 3 aromatic carbocycles. The van der Waals surface area contributed by atoms with Crippen LogP contribution in [0.15, 0.2) is 71.9 Å². The minimum atomic E-state index is 0.500. The molecule has 4 rings (SSSR count). The fourth-order valence-corrected chi connectivity index (χ4v) is 3.99. The van der Waals surface area contributed by atoms with Gasteiger partial charge in [-0.25, -0.2) is 0 Å². The van der Waals surface area contributed by atoms with Crippen LogP contribution in [-0.4, -0.2) is 35.5 Å². The molecule has 1 heterocycles. The predicted octanol–water partition coefficient (Wildman–Crippen LogP) is 8.94. The standard InChI is InChI=1S/C23H21ClN2.C8H8N2.C2H6.CH3F/c1-6-9-23(20-14-17(4)22(25-8-3)15-21(20)24)26(5)16-19-12-10-18(7-2)11-13-19;1-6-2-3-7-5-9-10-8(7)4-6;2*1-2/h1-2,8-15H,16H2,3-5H3;2-5H,1H3,(H,9,10);1-2H3;1H3/b23-9-,25-8?;;;. The van der Waals surface area contributed by atoms with Crippen molar-refractivity contribution in [2.75, 3.05) is 14.2 Å². The van der Waals surface area contributed by atoms with E-state index in [-0.39, 0.29) is 0 Å². The molecular weight excluding hydrogens is 519 g/mol. The SMILES string of the molecule is C#C/C=C(/c1cc(C)c(N=CC)cc1Cl)N(C)Cc1ccc(C#C)cc1.CC.CF.Cc1ccc2cn[nH]c2c1. The molecule has 0 spiro atoms. The number of allylic oxidation sites excluding steroid dienone is 1. The minimum absolute atomic E-state index is 0.500. The Bertz CT molecular complexity index is 1490. The second-order valence-corrected chi connectivity index (χ2v) is 8.77. The van der Waals surface area contributed by atoms with Gasteiger partial charge in [-0.05, 0) is 67.8 Å². The van der Waals surface area contributed by atoms with Crippen LogP contribution >= 0.6 is 11.6 Å². The van der Waals surface area contributed by atoms with Crippen molar-refractivity contribution in [3.05, 3.63) is 99.7 Å². The quantitative estimate of drug-likeness (QED) is 0.197. The van der Waals surface area contributed by atoms with Gasteiger partial charge >= 0.3 is 0 Å². The summed E-state index contributed by atoms with van der Waals surface area (Å²) in [6.07, 6.45) is 16.3. The average Bonchev–Trinajstić information content (AvgIpc) is 3.44. The molecule has 0 unspecified atom stereocenters. The van der Waals surface area contributed by atoms with Crippen LogP contribution in [0.25, 0.3) is 16.6 Å². The number of fused-ring (bicyclic) bond motifs is 1. The summed E-state index contributed by atoms with van der Waals surface area (Å²) in [6, 6.07) is 18.0. The van der Waals surface area contributed by atoms with E-state index in [1.165, 1.54) is 10.9 Å². The molecule has 0 saturated heterocycles.